The van der Waals surface area contributed by atoms with Crippen LogP contribution >= 0.6 is 0 Å². The molecule has 12 nitrogen and oxygen atoms in total. The van der Waals surface area contributed by atoms with Crippen molar-refractivity contribution in [2.24, 2.45) is 0 Å². The van der Waals surface area contributed by atoms with Crippen LogP contribution in [-0.2, 0) is 15.8 Å². The minimum Gasteiger partial charge on any atom is -0.475 e. The number of aromatic amines is 1. The Bertz CT molecular complexity index is 1710. The number of ether oxygens (including phenoxy) is 1. The molecule has 0 spiro atoms. The molecule has 4 N–H and O–H groups in total. The van der Waals surface area contributed by atoms with Crippen LogP contribution in [0.4, 0.5) is 48.3 Å². The highest BCUT2D eigenvalue weighted by Gasteiger charge is 2.41. The number of amides is 3. The third-order valence-electron chi connectivity index (χ3n) is 5.91. The number of anilines is 3. The van der Waals surface area contributed by atoms with Crippen LogP contribution in [0.15, 0.2) is 42.9 Å². The summed E-state index contributed by atoms with van der Waals surface area (Å²) >= 11 is 0. The number of rotatable bonds is 4. The molecule has 0 bridgehead atoms. The van der Waals surface area contributed by atoms with Crippen LogP contribution in [0.2, 0.25) is 0 Å². The van der Waals surface area contributed by atoms with Crippen LogP contribution in [0.3, 0.4) is 0 Å². The highest BCUT2D eigenvalue weighted by molar-refractivity contribution is 6.27. The molecule has 0 unspecified atom stereocenters. The molecular weight excluding hydrogens is 592 g/mol. The number of nitrogens with two attached hydrogens (primary N) is 1. The van der Waals surface area contributed by atoms with E-state index in [4.69, 9.17) is 20.4 Å². The van der Waals surface area contributed by atoms with E-state index in [1.807, 2.05) is 0 Å². The number of halogens is 6. The number of fused-ring (bicyclic) bond motifs is 1. The molecular formula is C25H19F6N7O5. The quantitative estimate of drug-likeness (QED) is 0.213. The summed E-state index contributed by atoms with van der Waals surface area (Å²) < 4.78 is 77.0. The third kappa shape index (κ3) is 6.41. The van der Waals surface area contributed by atoms with Crippen molar-refractivity contribution >= 4 is 46.1 Å². The minimum absolute atomic E-state index is 0.123. The van der Waals surface area contributed by atoms with E-state index in [-0.39, 0.29) is 11.5 Å². The Labute approximate surface area is 236 Å². The van der Waals surface area contributed by atoms with Crippen molar-refractivity contribution in [3.63, 3.8) is 0 Å². The summed E-state index contributed by atoms with van der Waals surface area (Å²) in [6.45, 7) is 2.97. The smallest absolute Gasteiger partial charge is 0.475 e. The maximum atomic E-state index is 13.2. The number of nitrogens with one attached hydrogen (secondary N) is 1. The summed E-state index contributed by atoms with van der Waals surface area (Å²) in [5.41, 5.74) is 6.61. The maximum absolute atomic E-state index is 13.2. The fraction of sp³-hybridized carbons (Fsp3) is 0.200. The van der Waals surface area contributed by atoms with Gasteiger partial charge in [0.1, 0.15) is 18.0 Å². The average molecular weight is 611 g/mol. The first-order chi connectivity index (χ1) is 20.0. The molecule has 1 aliphatic rings. The molecule has 0 aliphatic carbocycles. The lowest BCUT2D eigenvalue weighted by molar-refractivity contribution is -0.192. The summed E-state index contributed by atoms with van der Waals surface area (Å²) in [6, 6.07) is 4.97. The van der Waals surface area contributed by atoms with Crippen LogP contribution in [0.25, 0.3) is 11.0 Å². The zero-order valence-corrected chi connectivity index (χ0v) is 21.9. The molecule has 3 amide bonds. The zero-order chi connectivity index (χ0) is 31.9. The molecule has 4 heterocycles. The highest BCUT2D eigenvalue weighted by atomic mass is 19.4. The van der Waals surface area contributed by atoms with Crippen molar-refractivity contribution in [2.75, 3.05) is 22.1 Å². The molecule has 226 valence electrons. The number of aromatic nitrogens is 4. The van der Waals surface area contributed by atoms with Gasteiger partial charge >= 0.3 is 24.4 Å². The second-order valence-electron chi connectivity index (χ2n) is 9.01. The number of H-pyrrole nitrogens is 1. The van der Waals surface area contributed by atoms with E-state index in [1.165, 1.54) is 6.20 Å². The lowest BCUT2D eigenvalue weighted by atomic mass is 10.1. The number of alkyl halides is 6. The number of carbonyl (C=O) groups is 3. The standard InChI is InChI=1S/C23H18F3N7O3.C2HF3O2/c1-11-3-15(36-16-6-17-20(27)30-31-21(17)29-9-16)4-12(2)19(11)33-18(34)10-32(22(33)35)14-5-13(7-28-8-14)23(24,25)26;3-2(4,5)1(6)7/h3-9H,10H2,1-2H3,(H3,27,29,30,31);(H,6,7). The van der Waals surface area contributed by atoms with E-state index in [1.54, 1.807) is 32.0 Å². The van der Waals surface area contributed by atoms with Crippen molar-refractivity contribution in [1.82, 2.24) is 20.2 Å². The van der Waals surface area contributed by atoms with Gasteiger partial charge in [-0.05, 0) is 49.2 Å². The molecule has 0 saturated carbocycles. The van der Waals surface area contributed by atoms with Gasteiger partial charge in [-0.3, -0.25) is 19.8 Å². The summed E-state index contributed by atoms with van der Waals surface area (Å²) in [4.78, 5) is 44.6. The molecule has 4 aromatic rings. The fourth-order valence-electron chi connectivity index (χ4n) is 4.08. The predicted molar refractivity (Wildman–Crippen MR) is 137 cm³/mol. The number of aliphatic carboxylic acids is 1. The van der Waals surface area contributed by atoms with Crippen molar-refractivity contribution in [3.05, 3.63) is 59.5 Å². The van der Waals surface area contributed by atoms with Crippen molar-refractivity contribution in [3.8, 4) is 11.5 Å². The Balaban J connectivity index is 0.000000541. The van der Waals surface area contributed by atoms with Gasteiger partial charge in [-0.2, -0.15) is 31.4 Å². The lowest BCUT2D eigenvalue weighted by Crippen LogP contribution is -2.34. The zero-order valence-electron chi connectivity index (χ0n) is 21.9. The third-order valence-corrected chi connectivity index (χ3v) is 5.91. The van der Waals surface area contributed by atoms with Crippen LogP contribution in [0.5, 0.6) is 11.5 Å². The first kappa shape index (κ1) is 30.5. The lowest BCUT2D eigenvalue weighted by Gasteiger charge is -2.21. The molecule has 0 radical (unpaired) electrons. The normalized spacial score (nSPS) is 13.8. The summed E-state index contributed by atoms with van der Waals surface area (Å²) in [7, 11) is 0. The van der Waals surface area contributed by atoms with Gasteiger partial charge in [0.2, 0.25) is 0 Å². The molecule has 5 rings (SSSR count). The average Bonchev–Trinajstić information content (AvgIpc) is 3.42. The summed E-state index contributed by atoms with van der Waals surface area (Å²) in [5.74, 6) is -2.24. The van der Waals surface area contributed by atoms with Gasteiger partial charge in [-0.1, -0.05) is 0 Å². The van der Waals surface area contributed by atoms with Gasteiger partial charge in [0, 0.05) is 6.20 Å². The van der Waals surface area contributed by atoms with Gasteiger partial charge in [0.15, 0.2) is 11.5 Å². The summed E-state index contributed by atoms with van der Waals surface area (Å²) in [5, 5.41) is 14.3. The van der Waals surface area contributed by atoms with E-state index in [2.05, 4.69) is 20.2 Å². The second kappa shape index (κ2) is 11.1. The van der Waals surface area contributed by atoms with Crippen molar-refractivity contribution in [1.29, 1.82) is 0 Å². The maximum Gasteiger partial charge on any atom is 0.490 e. The number of pyridine rings is 2. The topological polar surface area (TPSA) is 168 Å². The number of carboxylic acid groups (broad SMARTS) is 1. The minimum atomic E-state index is -5.08. The van der Waals surface area contributed by atoms with Gasteiger partial charge in [0.25, 0.3) is 5.91 Å². The van der Waals surface area contributed by atoms with Crippen molar-refractivity contribution < 1.29 is 50.6 Å². The number of hydrogen-bond donors (Lipinski definition) is 3. The molecule has 18 heteroatoms. The highest BCUT2D eigenvalue weighted by Crippen LogP contribution is 2.37. The Kier molecular flexibility index (Phi) is 7.89. The Morgan fingerprint density at radius 2 is 1.63 bits per heavy atom. The first-order valence-electron chi connectivity index (χ1n) is 11.8. The monoisotopic (exact) mass is 611 g/mol. The van der Waals surface area contributed by atoms with Crippen LogP contribution in [-0.4, -0.2) is 55.9 Å². The fourth-order valence-corrected chi connectivity index (χ4v) is 4.08. The summed E-state index contributed by atoms with van der Waals surface area (Å²) in [6.07, 6.45) is -6.46. The molecule has 1 fully saturated rings. The molecule has 1 aromatic carbocycles. The van der Waals surface area contributed by atoms with Crippen LogP contribution < -0.4 is 20.3 Å². The molecule has 3 aromatic heterocycles. The van der Waals surface area contributed by atoms with E-state index >= 15 is 0 Å². The second-order valence-corrected chi connectivity index (χ2v) is 9.01. The number of carboxylic acids is 1. The number of benzene rings is 1. The molecule has 1 saturated heterocycles. The predicted octanol–water partition coefficient (Wildman–Crippen LogP) is 4.97. The van der Waals surface area contributed by atoms with Crippen molar-refractivity contribution in [2.45, 2.75) is 26.2 Å². The number of carbonyl (C=O) groups excluding carboxylic acids is 2. The number of nitrogen functional groups attached to an aromatic ring is 1. The van der Waals surface area contributed by atoms with E-state index in [0.717, 1.165) is 22.1 Å². The Morgan fingerprint density at radius 1 is 1.00 bits per heavy atom. The molecule has 43 heavy (non-hydrogen) atoms. The first-order valence-corrected chi connectivity index (χ1v) is 11.8. The van der Waals surface area contributed by atoms with E-state index in [0.29, 0.717) is 45.5 Å². The van der Waals surface area contributed by atoms with E-state index < -0.39 is 42.4 Å². The Morgan fingerprint density at radius 3 is 2.21 bits per heavy atom. The van der Waals surface area contributed by atoms with Gasteiger partial charge in [-0.25, -0.2) is 19.5 Å². The van der Waals surface area contributed by atoms with Crippen LogP contribution in [0, 0.1) is 13.8 Å². The van der Waals surface area contributed by atoms with Gasteiger partial charge < -0.3 is 15.6 Å². The number of imide groups is 1. The number of urea groups is 1. The SMILES string of the molecule is Cc1cc(Oc2cnc3[nH]nc(N)c3c2)cc(C)c1N1C(=O)CN(c2cncc(C(F)(F)F)c2)C1=O.O=C(O)C(F)(F)F. The number of aryl methyl sites for hydroxylation is 2. The molecule has 1 aliphatic heterocycles. The Hall–Kier alpha value is -5.42. The van der Waals surface area contributed by atoms with Gasteiger partial charge in [-0.15, -0.1) is 0 Å². The van der Waals surface area contributed by atoms with Gasteiger partial charge in [0.05, 0.1) is 34.7 Å². The van der Waals surface area contributed by atoms with Crippen LogP contribution in [0.1, 0.15) is 16.7 Å². The number of nitrogens with zero attached hydrogens (tertiary/aromatic N) is 5. The van der Waals surface area contributed by atoms with E-state index in [9.17, 15) is 35.9 Å². The number of hydrogen-bond acceptors (Lipinski definition) is 8. The largest absolute Gasteiger partial charge is 0.490 e. The molecule has 0 atom stereocenters.